The minimum Gasteiger partial charge on any atom is -0.490 e. The second-order valence-electron chi connectivity index (χ2n) is 6.08. The predicted octanol–water partition coefficient (Wildman–Crippen LogP) is 2.46. The summed E-state index contributed by atoms with van der Waals surface area (Å²) in [6.45, 7) is 6.84. The highest BCUT2D eigenvalue weighted by molar-refractivity contribution is 5.84. The number of rotatable bonds is 5. The minimum absolute atomic E-state index is 0.0331. The molecular formula is C17H26N2O2. The van der Waals surface area contributed by atoms with E-state index in [1.54, 1.807) is 0 Å². The van der Waals surface area contributed by atoms with Crippen LogP contribution in [0.5, 0.6) is 5.75 Å². The Bertz CT molecular complexity index is 512. The van der Waals surface area contributed by atoms with Crippen LogP contribution in [0.4, 0.5) is 0 Å². The van der Waals surface area contributed by atoms with Crippen molar-refractivity contribution in [1.82, 2.24) is 5.32 Å². The maximum Gasteiger partial charge on any atom is 0.237 e. The van der Waals surface area contributed by atoms with Crippen molar-refractivity contribution in [2.75, 3.05) is 6.54 Å². The minimum atomic E-state index is -0.616. The summed E-state index contributed by atoms with van der Waals surface area (Å²) in [5.41, 5.74) is 7.33. The van der Waals surface area contributed by atoms with Crippen molar-refractivity contribution in [1.29, 1.82) is 0 Å². The number of benzene rings is 1. The Morgan fingerprint density at radius 3 is 2.90 bits per heavy atom. The Hall–Kier alpha value is -1.55. The molecule has 2 rings (SSSR count). The standard InChI is InChI=1S/C17H26N2O2/c1-4-19-17(16(18)20)9-5-6-14(11-17)21-15-10-12(2)7-8-13(15)3/h7-8,10,14,19H,4-6,9,11H2,1-3H3,(H2,18,20). The van der Waals surface area contributed by atoms with Gasteiger partial charge in [-0.25, -0.2) is 0 Å². The van der Waals surface area contributed by atoms with Crippen molar-refractivity contribution < 1.29 is 9.53 Å². The molecule has 2 unspecified atom stereocenters. The highest BCUT2D eigenvalue weighted by Crippen LogP contribution is 2.32. The van der Waals surface area contributed by atoms with Gasteiger partial charge in [-0.1, -0.05) is 19.1 Å². The molecule has 0 aromatic heterocycles. The number of ether oxygens (including phenoxy) is 1. The van der Waals surface area contributed by atoms with E-state index < -0.39 is 5.54 Å². The van der Waals surface area contributed by atoms with Crippen molar-refractivity contribution in [2.24, 2.45) is 5.73 Å². The third-order valence-electron chi connectivity index (χ3n) is 4.33. The molecule has 2 atom stereocenters. The molecule has 0 bridgehead atoms. The zero-order valence-corrected chi connectivity index (χ0v) is 13.2. The summed E-state index contributed by atoms with van der Waals surface area (Å²) >= 11 is 0. The summed E-state index contributed by atoms with van der Waals surface area (Å²) < 4.78 is 6.17. The molecule has 0 heterocycles. The number of amides is 1. The van der Waals surface area contributed by atoms with Crippen LogP contribution in [0.2, 0.25) is 0 Å². The summed E-state index contributed by atoms with van der Waals surface area (Å²) in [5, 5.41) is 3.28. The molecule has 1 aliphatic rings. The van der Waals surface area contributed by atoms with E-state index in [-0.39, 0.29) is 12.0 Å². The summed E-state index contributed by atoms with van der Waals surface area (Å²) in [6.07, 6.45) is 3.39. The summed E-state index contributed by atoms with van der Waals surface area (Å²) in [6, 6.07) is 6.21. The van der Waals surface area contributed by atoms with Gasteiger partial charge in [-0.15, -0.1) is 0 Å². The van der Waals surface area contributed by atoms with Gasteiger partial charge in [-0.2, -0.15) is 0 Å². The number of hydrogen-bond donors (Lipinski definition) is 2. The number of nitrogens with one attached hydrogen (secondary N) is 1. The van der Waals surface area contributed by atoms with E-state index in [2.05, 4.69) is 30.4 Å². The largest absolute Gasteiger partial charge is 0.490 e. The molecule has 4 heteroatoms. The lowest BCUT2D eigenvalue weighted by Crippen LogP contribution is -2.59. The fourth-order valence-corrected chi connectivity index (χ4v) is 3.15. The molecule has 1 aromatic carbocycles. The van der Waals surface area contributed by atoms with Crippen LogP contribution < -0.4 is 15.8 Å². The third kappa shape index (κ3) is 3.56. The molecule has 1 fully saturated rings. The number of aryl methyl sites for hydroxylation is 2. The zero-order chi connectivity index (χ0) is 15.5. The molecule has 116 valence electrons. The quantitative estimate of drug-likeness (QED) is 0.875. The van der Waals surface area contributed by atoms with E-state index in [0.717, 1.165) is 37.1 Å². The lowest BCUT2D eigenvalue weighted by molar-refractivity contribution is -0.127. The van der Waals surface area contributed by atoms with Crippen LogP contribution in [0.15, 0.2) is 18.2 Å². The van der Waals surface area contributed by atoms with Gasteiger partial charge >= 0.3 is 0 Å². The molecule has 0 aliphatic heterocycles. The highest BCUT2D eigenvalue weighted by atomic mass is 16.5. The first kappa shape index (κ1) is 15.8. The van der Waals surface area contributed by atoms with E-state index in [1.807, 2.05) is 13.8 Å². The van der Waals surface area contributed by atoms with E-state index in [4.69, 9.17) is 10.5 Å². The van der Waals surface area contributed by atoms with Crippen LogP contribution in [0.3, 0.4) is 0 Å². The van der Waals surface area contributed by atoms with Crippen LogP contribution in [0, 0.1) is 13.8 Å². The van der Waals surface area contributed by atoms with Crippen molar-refractivity contribution >= 4 is 5.91 Å². The van der Waals surface area contributed by atoms with Crippen LogP contribution in [0.1, 0.15) is 43.7 Å². The normalized spacial score (nSPS) is 25.6. The molecule has 3 N–H and O–H groups in total. The summed E-state index contributed by atoms with van der Waals surface area (Å²) in [4.78, 5) is 11.9. The molecule has 1 amide bonds. The van der Waals surface area contributed by atoms with E-state index in [9.17, 15) is 4.79 Å². The van der Waals surface area contributed by atoms with Gasteiger partial charge in [0.05, 0.1) is 0 Å². The Labute approximate surface area is 127 Å². The lowest BCUT2D eigenvalue weighted by Gasteiger charge is -2.39. The van der Waals surface area contributed by atoms with Crippen molar-refractivity contribution in [2.45, 2.75) is 58.1 Å². The van der Waals surface area contributed by atoms with Crippen molar-refractivity contribution in [3.8, 4) is 5.75 Å². The van der Waals surface area contributed by atoms with Crippen molar-refractivity contribution in [3.05, 3.63) is 29.3 Å². The number of carbonyl (C=O) groups is 1. The first-order valence-electron chi connectivity index (χ1n) is 7.75. The average Bonchev–Trinajstić information content (AvgIpc) is 2.43. The Morgan fingerprint density at radius 1 is 1.48 bits per heavy atom. The number of carbonyl (C=O) groups excluding carboxylic acids is 1. The third-order valence-corrected chi connectivity index (χ3v) is 4.33. The summed E-state index contributed by atoms with van der Waals surface area (Å²) in [5.74, 6) is 0.649. The molecule has 1 aromatic rings. The SMILES string of the molecule is CCNC1(C(N)=O)CCCC(Oc2cc(C)ccc2C)C1. The molecule has 21 heavy (non-hydrogen) atoms. The lowest BCUT2D eigenvalue weighted by atomic mass is 9.79. The van der Waals surface area contributed by atoms with Gasteiger partial charge in [0.15, 0.2) is 0 Å². The average molecular weight is 290 g/mol. The van der Waals surface area contributed by atoms with Gasteiger partial charge in [0, 0.05) is 6.42 Å². The molecule has 4 nitrogen and oxygen atoms in total. The second-order valence-corrected chi connectivity index (χ2v) is 6.08. The van der Waals surface area contributed by atoms with E-state index in [1.165, 1.54) is 5.56 Å². The van der Waals surface area contributed by atoms with Gasteiger partial charge < -0.3 is 15.8 Å². The maximum atomic E-state index is 11.9. The van der Waals surface area contributed by atoms with Crippen LogP contribution in [-0.4, -0.2) is 24.1 Å². The number of nitrogens with two attached hydrogens (primary N) is 1. The van der Waals surface area contributed by atoms with Gasteiger partial charge in [0.25, 0.3) is 0 Å². The monoisotopic (exact) mass is 290 g/mol. The Kier molecular flexibility index (Phi) is 4.88. The first-order chi connectivity index (χ1) is 9.97. The maximum absolute atomic E-state index is 11.9. The fourth-order valence-electron chi connectivity index (χ4n) is 3.15. The zero-order valence-electron chi connectivity index (χ0n) is 13.2. The molecule has 0 saturated heterocycles. The summed E-state index contributed by atoms with van der Waals surface area (Å²) in [7, 11) is 0. The Morgan fingerprint density at radius 2 is 2.24 bits per heavy atom. The van der Waals surface area contributed by atoms with Gasteiger partial charge in [-0.05, 0) is 56.8 Å². The number of primary amides is 1. The topological polar surface area (TPSA) is 64.3 Å². The van der Waals surface area contributed by atoms with Gasteiger partial charge in [0.1, 0.15) is 17.4 Å². The van der Waals surface area contributed by atoms with Crippen LogP contribution >= 0.6 is 0 Å². The van der Waals surface area contributed by atoms with Crippen molar-refractivity contribution in [3.63, 3.8) is 0 Å². The smallest absolute Gasteiger partial charge is 0.237 e. The van der Waals surface area contributed by atoms with E-state index in [0.29, 0.717) is 6.42 Å². The number of likely N-dealkylation sites (N-methyl/N-ethyl adjacent to an activating group) is 1. The molecular weight excluding hydrogens is 264 g/mol. The van der Waals surface area contributed by atoms with Gasteiger partial charge in [-0.3, -0.25) is 4.79 Å². The Balaban J connectivity index is 2.13. The molecule has 1 saturated carbocycles. The van der Waals surface area contributed by atoms with Gasteiger partial charge in [0.2, 0.25) is 5.91 Å². The first-order valence-corrected chi connectivity index (χ1v) is 7.75. The second kappa shape index (κ2) is 6.48. The van der Waals surface area contributed by atoms with E-state index >= 15 is 0 Å². The number of hydrogen-bond acceptors (Lipinski definition) is 3. The molecule has 0 radical (unpaired) electrons. The molecule has 0 spiro atoms. The molecule has 1 aliphatic carbocycles. The fraction of sp³-hybridized carbons (Fsp3) is 0.588. The van der Waals surface area contributed by atoms with Crippen LogP contribution in [0.25, 0.3) is 0 Å². The highest BCUT2D eigenvalue weighted by Gasteiger charge is 2.41. The van der Waals surface area contributed by atoms with Crippen LogP contribution in [-0.2, 0) is 4.79 Å². The predicted molar refractivity (Wildman–Crippen MR) is 84.4 cm³/mol.